The first-order valence-corrected chi connectivity index (χ1v) is 14.4. The Morgan fingerprint density at radius 1 is 1.15 bits per heavy atom. The van der Waals surface area contributed by atoms with Gasteiger partial charge in [-0.2, -0.15) is 4.98 Å². The molecular formula is C31H37ClN6O2. The van der Waals surface area contributed by atoms with Crippen LogP contribution in [0.5, 0.6) is 0 Å². The van der Waals surface area contributed by atoms with Gasteiger partial charge in [0.25, 0.3) is 0 Å². The Bertz CT molecular complexity index is 1400. The van der Waals surface area contributed by atoms with Crippen LogP contribution in [0.2, 0.25) is 5.02 Å². The second-order valence-electron chi connectivity index (χ2n) is 11.2. The van der Waals surface area contributed by atoms with Crippen LogP contribution >= 0.6 is 11.6 Å². The van der Waals surface area contributed by atoms with Crippen molar-refractivity contribution in [3.05, 3.63) is 75.9 Å². The number of Topliss-reactive ketones (excluding diaryl/α,β-unsaturated/α-hetero) is 1. The van der Waals surface area contributed by atoms with E-state index >= 15 is 0 Å². The number of nitrogens with zero attached hydrogens (tertiary/aromatic N) is 3. The van der Waals surface area contributed by atoms with Gasteiger partial charge in [0.2, 0.25) is 11.9 Å². The van der Waals surface area contributed by atoms with E-state index in [2.05, 4.69) is 51.8 Å². The smallest absolute Gasteiger partial charge is 0.236 e. The van der Waals surface area contributed by atoms with Gasteiger partial charge in [-0.3, -0.25) is 9.59 Å². The SMILES string of the molecule is CCC1C(=O)C(C)(C)c2c(CNc3nc(Nc4ccc(C5CCN(C(=O)CN)CC5)cc4)ncc3Cl)cccc21. The molecule has 40 heavy (non-hydrogen) atoms. The van der Waals surface area contributed by atoms with E-state index in [0.29, 0.717) is 29.3 Å². The molecule has 2 aromatic carbocycles. The second kappa shape index (κ2) is 11.6. The van der Waals surface area contributed by atoms with Crippen LogP contribution in [0.4, 0.5) is 17.5 Å². The van der Waals surface area contributed by atoms with Gasteiger partial charge in [-0.1, -0.05) is 48.9 Å². The molecule has 8 nitrogen and oxygen atoms in total. The van der Waals surface area contributed by atoms with Gasteiger partial charge in [-0.15, -0.1) is 0 Å². The van der Waals surface area contributed by atoms with Gasteiger partial charge < -0.3 is 21.3 Å². The Labute approximate surface area is 240 Å². The molecule has 0 saturated carbocycles. The standard InChI is InChI=1S/C31H37ClN6O2/c1-4-23-24-7-5-6-21(27(24)31(2,3)28(23)40)17-34-29-25(32)18-35-30(37-29)36-22-10-8-19(9-11-22)20-12-14-38(15-13-20)26(39)16-33/h5-11,18,20,23H,4,12-17,33H2,1-3H3,(H2,34,35,36,37). The minimum Gasteiger partial charge on any atom is -0.365 e. The molecule has 5 rings (SSSR count). The average molecular weight is 561 g/mol. The molecular weight excluding hydrogens is 524 g/mol. The maximum Gasteiger partial charge on any atom is 0.236 e. The summed E-state index contributed by atoms with van der Waals surface area (Å²) in [6.45, 7) is 8.16. The fraction of sp³-hybridized carbons (Fsp3) is 0.419. The quantitative estimate of drug-likeness (QED) is 0.333. The van der Waals surface area contributed by atoms with Crippen molar-refractivity contribution in [1.29, 1.82) is 0 Å². The lowest BCUT2D eigenvalue weighted by Crippen LogP contribution is -2.41. The van der Waals surface area contributed by atoms with E-state index in [1.165, 1.54) is 5.56 Å². The normalized spacial score (nSPS) is 18.5. The molecule has 1 saturated heterocycles. The summed E-state index contributed by atoms with van der Waals surface area (Å²) in [5.41, 5.74) is 10.4. The van der Waals surface area contributed by atoms with Crippen molar-refractivity contribution in [3.63, 3.8) is 0 Å². The number of nitrogens with one attached hydrogen (secondary N) is 2. The number of halogens is 1. The number of fused-ring (bicyclic) bond motifs is 1. The van der Waals surface area contributed by atoms with Crippen LogP contribution < -0.4 is 16.4 Å². The third-order valence-corrected chi connectivity index (χ3v) is 8.65. The second-order valence-corrected chi connectivity index (χ2v) is 11.6. The number of piperidine rings is 1. The zero-order chi connectivity index (χ0) is 28.4. The Balaban J connectivity index is 1.25. The number of aromatic nitrogens is 2. The molecule has 1 aromatic heterocycles. The van der Waals surface area contributed by atoms with Gasteiger partial charge in [0.1, 0.15) is 10.8 Å². The third-order valence-electron chi connectivity index (χ3n) is 8.38. The number of nitrogens with two attached hydrogens (primary N) is 1. The molecule has 1 fully saturated rings. The van der Waals surface area contributed by atoms with Crippen molar-refractivity contribution in [1.82, 2.24) is 14.9 Å². The number of anilines is 3. The molecule has 1 aliphatic carbocycles. The summed E-state index contributed by atoms with van der Waals surface area (Å²) in [6.07, 6.45) is 4.25. The van der Waals surface area contributed by atoms with E-state index < -0.39 is 5.41 Å². The number of carbonyl (C=O) groups excluding carboxylic acids is 2. The van der Waals surface area contributed by atoms with Crippen molar-refractivity contribution in [2.75, 3.05) is 30.3 Å². The number of rotatable bonds is 8. The van der Waals surface area contributed by atoms with Crippen LogP contribution in [0.25, 0.3) is 0 Å². The monoisotopic (exact) mass is 560 g/mol. The van der Waals surface area contributed by atoms with Gasteiger partial charge in [0.15, 0.2) is 5.82 Å². The molecule has 1 aliphatic heterocycles. The third kappa shape index (κ3) is 5.43. The van der Waals surface area contributed by atoms with Gasteiger partial charge in [0.05, 0.1) is 12.7 Å². The highest BCUT2D eigenvalue weighted by Gasteiger charge is 2.45. The van der Waals surface area contributed by atoms with E-state index in [1.54, 1.807) is 6.20 Å². The number of likely N-dealkylation sites (tertiary alicyclic amines) is 1. The summed E-state index contributed by atoms with van der Waals surface area (Å²) in [5, 5.41) is 7.06. The fourth-order valence-corrected chi connectivity index (χ4v) is 6.37. The molecule has 4 N–H and O–H groups in total. The van der Waals surface area contributed by atoms with Crippen LogP contribution in [0.3, 0.4) is 0 Å². The molecule has 0 spiro atoms. The Hall–Kier alpha value is -3.49. The summed E-state index contributed by atoms with van der Waals surface area (Å²) in [6, 6.07) is 14.4. The number of benzene rings is 2. The Morgan fingerprint density at radius 3 is 2.55 bits per heavy atom. The van der Waals surface area contributed by atoms with Crippen molar-refractivity contribution in [3.8, 4) is 0 Å². The molecule has 2 aliphatic rings. The topological polar surface area (TPSA) is 113 Å². The highest BCUT2D eigenvalue weighted by Crippen LogP contribution is 2.46. The molecule has 210 valence electrons. The summed E-state index contributed by atoms with van der Waals surface area (Å²) >= 11 is 6.45. The summed E-state index contributed by atoms with van der Waals surface area (Å²) in [5.74, 6) is 1.64. The van der Waals surface area contributed by atoms with Crippen LogP contribution in [0, 0.1) is 0 Å². The number of ketones is 1. The van der Waals surface area contributed by atoms with Crippen molar-refractivity contribution >= 4 is 40.7 Å². The van der Waals surface area contributed by atoms with Gasteiger partial charge in [-0.05, 0) is 73.4 Å². The molecule has 3 aromatic rings. The van der Waals surface area contributed by atoms with Gasteiger partial charge >= 0.3 is 0 Å². The maximum absolute atomic E-state index is 13.1. The first-order chi connectivity index (χ1) is 19.2. The minimum absolute atomic E-state index is 0.0200. The molecule has 9 heteroatoms. The molecule has 0 bridgehead atoms. The van der Waals surface area contributed by atoms with E-state index in [0.717, 1.165) is 54.7 Å². The van der Waals surface area contributed by atoms with Crippen LogP contribution in [0.1, 0.15) is 74.1 Å². The number of hydrogen-bond acceptors (Lipinski definition) is 7. The van der Waals surface area contributed by atoms with Crippen molar-refractivity contribution < 1.29 is 9.59 Å². The first kappa shape index (κ1) is 28.1. The fourth-order valence-electron chi connectivity index (χ4n) is 6.21. The number of carbonyl (C=O) groups is 2. The summed E-state index contributed by atoms with van der Waals surface area (Å²) in [7, 11) is 0. The van der Waals surface area contributed by atoms with Crippen LogP contribution in [-0.4, -0.2) is 46.2 Å². The summed E-state index contributed by atoms with van der Waals surface area (Å²) in [4.78, 5) is 35.8. The van der Waals surface area contributed by atoms with E-state index in [4.69, 9.17) is 17.3 Å². The highest BCUT2D eigenvalue weighted by atomic mass is 35.5. The average Bonchev–Trinajstić information content (AvgIpc) is 3.17. The van der Waals surface area contributed by atoms with Gasteiger partial charge in [0, 0.05) is 36.7 Å². The predicted octanol–water partition coefficient (Wildman–Crippen LogP) is 5.50. The highest BCUT2D eigenvalue weighted by molar-refractivity contribution is 6.32. The van der Waals surface area contributed by atoms with E-state index in [9.17, 15) is 9.59 Å². The molecule has 1 unspecified atom stereocenters. The summed E-state index contributed by atoms with van der Waals surface area (Å²) < 4.78 is 0. The lowest BCUT2D eigenvalue weighted by molar-refractivity contribution is -0.130. The Kier molecular flexibility index (Phi) is 8.10. The molecule has 1 amide bonds. The molecule has 0 radical (unpaired) electrons. The van der Waals surface area contributed by atoms with E-state index in [1.807, 2.05) is 36.9 Å². The van der Waals surface area contributed by atoms with Crippen LogP contribution in [0.15, 0.2) is 48.7 Å². The molecule has 1 atom stereocenters. The first-order valence-electron chi connectivity index (χ1n) is 14.0. The zero-order valence-corrected chi connectivity index (χ0v) is 24.1. The number of hydrogen-bond donors (Lipinski definition) is 3. The predicted molar refractivity (Wildman–Crippen MR) is 159 cm³/mol. The van der Waals surface area contributed by atoms with Crippen molar-refractivity contribution in [2.45, 2.75) is 63.8 Å². The number of amides is 1. The van der Waals surface area contributed by atoms with Crippen LogP contribution in [-0.2, 0) is 21.5 Å². The Morgan fingerprint density at radius 2 is 1.88 bits per heavy atom. The van der Waals surface area contributed by atoms with E-state index in [-0.39, 0.29) is 24.2 Å². The van der Waals surface area contributed by atoms with Gasteiger partial charge in [-0.25, -0.2) is 4.98 Å². The maximum atomic E-state index is 13.1. The minimum atomic E-state index is -0.526. The lowest BCUT2D eigenvalue weighted by Gasteiger charge is -2.32. The largest absolute Gasteiger partial charge is 0.365 e. The lowest BCUT2D eigenvalue weighted by atomic mass is 9.82. The van der Waals surface area contributed by atoms with Crippen molar-refractivity contribution in [2.24, 2.45) is 5.73 Å². The molecule has 2 heterocycles. The zero-order valence-electron chi connectivity index (χ0n) is 23.3.